The predicted octanol–water partition coefficient (Wildman–Crippen LogP) is 1.29. The summed E-state index contributed by atoms with van der Waals surface area (Å²) in [7, 11) is 3.26. The van der Waals surface area contributed by atoms with Crippen LogP contribution in [0.4, 0.5) is 0 Å². The molecule has 0 aromatic carbocycles. The highest BCUT2D eigenvalue weighted by atomic mass is 16.5. The zero-order chi connectivity index (χ0) is 15.1. The highest BCUT2D eigenvalue weighted by Gasteiger charge is 2.17. The van der Waals surface area contributed by atoms with Gasteiger partial charge in [-0.05, 0) is 24.6 Å². The number of carboxylic acid groups (broad SMARTS) is 1. The summed E-state index contributed by atoms with van der Waals surface area (Å²) in [4.78, 5) is 28.2. The van der Waals surface area contributed by atoms with E-state index in [9.17, 15) is 9.59 Å². The van der Waals surface area contributed by atoms with Crippen LogP contribution in [0.25, 0.3) is 6.08 Å². The molecule has 0 saturated carbocycles. The minimum atomic E-state index is -1.05. The predicted molar refractivity (Wildman–Crippen MR) is 74.3 cm³/mol. The molecule has 6 heteroatoms. The Labute approximate surface area is 117 Å². The topological polar surface area (TPSA) is 79.7 Å². The summed E-state index contributed by atoms with van der Waals surface area (Å²) in [6.45, 7) is 2.32. The van der Waals surface area contributed by atoms with Gasteiger partial charge in [0.15, 0.2) is 0 Å². The van der Waals surface area contributed by atoms with Crippen LogP contribution in [0.3, 0.4) is 0 Å². The van der Waals surface area contributed by atoms with Crippen LogP contribution in [0, 0.1) is 0 Å². The summed E-state index contributed by atoms with van der Waals surface area (Å²) < 4.78 is 5.01. The average molecular weight is 278 g/mol. The number of carbonyl (C=O) groups is 2. The van der Waals surface area contributed by atoms with E-state index in [1.807, 2.05) is 6.92 Å². The van der Waals surface area contributed by atoms with Crippen molar-refractivity contribution in [3.8, 4) is 0 Å². The van der Waals surface area contributed by atoms with Crippen molar-refractivity contribution in [2.45, 2.75) is 13.0 Å². The van der Waals surface area contributed by atoms with Crippen molar-refractivity contribution >= 4 is 18.0 Å². The molecule has 0 radical (unpaired) electrons. The number of hydrogen-bond acceptors (Lipinski definition) is 4. The maximum Gasteiger partial charge on any atom is 0.328 e. The monoisotopic (exact) mass is 278 g/mol. The maximum atomic E-state index is 12.2. The summed E-state index contributed by atoms with van der Waals surface area (Å²) >= 11 is 0. The third-order valence-corrected chi connectivity index (χ3v) is 2.81. The Bertz CT molecular complexity index is 514. The lowest BCUT2D eigenvalue weighted by Gasteiger charge is -2.24. The Morgan fingerprint density at radius 1 is 1.50 bits per heavy atom. The average Bonchev–Trinajstić information content (AvgIpc) is 2.44. The number of likely N-dealkylation sites (N-methyl/N-ethyl adjacent to an activating group) is 1. The van der Waals surface area contributed by atoms with Gasteiger partial charge in [-0.3, -0.25) is 9.78 Å². The number of methoxy groups -OCH3 is 1. The number of amides is 1. The number of ether oxygens (including phenoxy) is 1. The van der Waals surface area contributed by atoms with Crippen molar-refractivity contribution in [3.63, 3.8) is 0 Å². The molecule has 0 aliphatic carbocycles. The van der Waals surface area contributed by atoms with Gasteiger partial charge in [-0.15, -0.1) is 0 Å². The van der Waals surface area contributed by atoms with Crippen molar-refractivity contribution in [1.82, 2.24) is 9.88 Å². The van der Waals surface area contributed by atoms with E-state index in [0.717, 1.165) is 6.08 Å². The van der Waals surface area contributed by atoms with Crippen LogP contribution in [0.5, 0.6) is 0 Å². The van der Waals surface area contributed by atoms with E-state index in [2.05, 4.69) is 4.98 Å². The molecule has 20 heavy (non-hydrogen) atoms. The van der Waals surface area contributed by atoms with Gasteiger partial charge in [-0.1, -0.05) is 0 Å². The molecule has 0 aliphatic heterocycles. The number of aliphatic carboxylic acids is 1. The zero-order valence-electron chi connectivity index (χ0n) is 11.7. The molecular weight excluding hydrogens is 260 g/mol. The number of carbonyl (C=O) groups excluding carboxylic acids is 1. The Balaban J connectivity index is 2.88. The van der Waals surface area contributed by atoms with Gasteiger partial charge in [0.1, 0.15) is 0 Å². The molecule has 6 nitrogen and oxygen atoms in total. The number of carboxylic acids is 1. The molecule has 1 heterocycles. The smallest absolute Gasteiger partial charge is 0.328 e. The van der Waals surface area contributed by atoms with Crippen LogP contribution in [0.15, 0.2) is 24.5 Å². The fourth-order valence-electron chi connectivity index (χ4n) is 1.59. The second-order valence-corrected chi connectivity index (χ2v) is 4.40. The fraction of sp³-hybridized carbons (Fsp3) is 0.357. The Morgan fingerprint density at radius 3 is 2.80 bits per heavy atom. The molecule has 1 unspecified atom stereocenters. The fourth-order valence-corrected chi connectivity index (χ4v) is 1.59. The lowest BCUT2D eigenvalue weighted by molar-refractivity contribution is -0.131. The van der Waals surface area contributed by atoms with Crippen molar-refractivity contribution < 1.29 is 19.4 Å². The number of hydrogen-bond donors (Lipinski definition) is 1. The first-order valence-corrected chi connectivity index (χ1v) is 6.08. The van der Waals surface area contributed by atoms with Crippen molar-refractivity contribution in [1.29, 1.82) is 0 Å². The van der Waals surface area contributed by atoms with Crippen molar-refractivity contribution in [2.24, 2.45) is 0 Å². The largest absolute Gasteiger partial charge is 0.478 e. The molecule has 0 saturated heterocycles. The molecule has 1 N–H and O–H groups in total. The Morgan fingerprint density at radius 2 is 2.20 bits per heavy atom. The Kier molecular flexibility index (Phi) is 5.86. The zero-order valence-corrected chi connectivity index (χ0v) is 11.7. The summed E-state index contributed by atoms with van der Waals surface area (Å²) in [6.07, 6.45) is 5.35. The molecule has 108 valence electrons. The maximum absolute atomic E-state index is 12.2. The van der Waals surface area contributed by atoms with Gasteiger partial charge in [0, 0.05) is 32.6 Å². The van der Waals surface area contributed by atoms with Crippen LogP contribution >= 0.6 is 0 Å². The molecule has 1 atom stereocenters. The highest BCUT2D eigenvalue weighted by molar-refractivity contribution is 5.94. The van der Waals surface area contributed by atoms with Crippen molar-refractivity contribution in [3.05, 3.63) is 35.7 Å². The molecule has 0 aliphatic rings. The Hall–Kier alpha value is -2.21. The number of nitrogens with zero attached hydrogens (tertiary/aromatic N) is 2. The van der Waals surface area contributed by atoms with Crippen LogP contribution < -0.4 is 0 Å². The van der Waals surface area contributed by atoms with Crippen LogP contribution in [0.2, 0.25) is 0 Å². The van der Waals surface area contributed by atoms with Crippen LogP contribution in [0.1, 0.15) is 22.8 Å². The van der Waals surface area contributed by atoms with Gasteiger partial charge in [0.25, 0.3) is 5.91 Å². The molecule has 1 rings (SSSR count). The molecule has 0 fully saturated rings. The van der Waals surface area contributed by atoms with Gasteiger partial charge >= 0.3 is 5.97 Å². The number of aromatic nitrogens is 1. The van der Waals surface area contributed by atoms with E-state index < -0.39 is 5.97 Å². The lowest BCUT2D eigenvalue weighted by Crippen LogP contribution is -2.37. The second-order valence-electron chi connectivity index (χ2n) is 4.40. The number of rotatable bonds is 6. The molecule has 0 bridgehead atoms. The third-order valence-electron chi connectivity index (χ3n) is 2.81. The molecule has 1 aromatic rings. The minimum Gasteiger partial charge on any atom is -0.478 e. The lowest BCUT2D eigenvalue weighted by atomic mass is 10.1. The molecule has 1 aromatic heterocycles. The number of pyridine rings is 1. The summed E-state index contributed by atoms with van der Waals surface area (Å²) in [5.74, 6) is -1.24. The molecule has 1 amide bonds. The van der Waals surface area contributed by atoms with Crippen LogP contribution in [-0.2, 0) is 9.53 Å². The second kappa shape index (κ2) is 7.40. The SMILES string of the molecule is COCC(C)N(C)C(=O)c1cncc(C=CC(=O)O)c1. The summed E-state index contributed by atoms with van der Waals surface area (Å²) in [5, 5.41) is 8.58. The van der Waals surface area contributed by atoms with E-state index in [-0.39, 0.29) is 11.9 Å². The van der Waals surface area contributed by atoms with E-state index in [1.54, 1.807) is 25.1 Å². The minimum absolute atomic E-state index is 0.0642. The van der Waals surface area contributed by atoms with E-state index >= 15 is 0 Å². The highest BCUT2D eigenvalue weighted by Crippen LogP contribution is 2.09. The van der Waals surface area contributed by atoms with Gasteiger partial charge in [0.2, 0.25) is 0 Å². The normalized spacial score (nSPS) is 12.3. The van der Waals surface area contributed by atoms with Gasteiger partial charge in [0.05, 0.1) is 18.2 Å². The summed E-state index contributed by atoms with van der Waals surface area (Å²) in [6, 6.07) is 1.54. The van der Waals surface area contributed by atoms with E-state index in [4.69, 9.17) is 9.84 Å². The van der Waals surface area contributed by atoms with Crippen molar-refractivity contribution in [2.75, 3.05) is 20.8 Å². The quantitative estimate of drug-likeness (QED) is 0.793. The standard InChI is InChI=1S/C14H18N2O4/c1-10(9-20-3)16(2)14(19)12-6-11(7-15-8-12)4-5-13(17)18/h4-8,10H,9H2,1-3H3,(H,17,18). The van der Waals surface area contributed by atoms with E-state index in [0.29, 0.717) is 17.7 Å². The van der Waals surface area contributed by atoms with E-state index in [1.165, 1.54) is 18.5 Å². The van der Waals surface area contributed by atoms with Gasteiger partial charge in [-0.2, -0.15) is 0 Å². The first-order valence-electron chi connectivity index (χ1n) is 6.08. The van der Waals surface area contributed by atoms with Gasteiger partial charge < -0.3 is 14.7 Å². The molecular formula is C14H18N2O4. The first-order chi connectivity index (χ1) is 9.45. The van der Waals surface area contributed by atoms with Gasteiger partial charge in [-0.25, -0.2) is 4.79 Å². The molecule has 0 spiro atoms. The first kappa shape index (κ1) is 15.8. The third kappa shape index (κ3) is 4.47. The van der Waals surface area contributed by atoms with Crippen LogP contribution in [-0.4, -0.2) is 53.7 Å². The summed E-state index contributed by atoms with van der Waals surface area (Å²) in [5.41, 5.74) is 0.967.